The van der Waals surface area contributed by atoms with Crippen LogP contribution in [0.5, 0.6) is 0 Å². The lowest BCUT2D eigenvalue weighted by molar-refractivity contribution is 0.0447. The average Bonchev–Trinajstić information content (AvgIpc) is 3.09. The number of nitrogens with zero attached hydrogens (tertiary/aromatic N) is 2. The highest BCUT2D eigenvalue weighted by Crippen LogP contribution is 2.41. The molecule has 1 aromatic heterocycles. The quantitative estimate of drug-likeness (QED) is 0.846. The van der Waals surface area contributed by atoms with Crippen molar-refractivity contribution in [3.8, 4) is 0 Å². The Hall–Kier alpha value is -0.800. The molecule has 21 heavy (non-hydrogen) atoms. The molecule has 4 rings (SSSR count). The summed E-state index contributed by atoms with van der Waals surface area (Å²) in [6.07, 6.45) is 8.55. The van der Waals surface area contributed by atoms with Gasteiger partial charge in [0.05, 0.1) is 6.54 Å². The second kappa shape index (κ2) is 5.44. The minimum absolute atomic E-state index is 0.554. The Bertz CT molecular complexity index is 483. The molecule has 0 atom stereocenters. The highest BCUT2D eigenvalue weighted by Gasteiger charge is 2.44. The van der Waals surface area contributed by atoms with Crippen LogP contribution in [0.3, 0.4) is 0 Å². The Kier molecular flexibility index (Phi) is 3.58. The molecule has 0 N–H and O–H groups in total. The largest absolute Gasteiger partial charge is 0.465 e. The van der Waals surface area contributed by atoms with E-state index in [9.17, 15) is 0 Å². The summed E-state index contributed by atoms with van der Waals surface area (Å²) in [7, 11) is 0. The number of furan rings is 1. The lowest BCUT2D eigenvalue weighted by atomic mass is 9.84. The Morgan fingerprint density at radius 3 is 2.62 bits per heavy atom. The Morgan fingerprint density at radius 2 is 1.95 bits per heavy atom. The molecule has 0 radical (unpaired) electrons. The predicted octanol–water partition coefficient (Wildman–Crippen LogP) is 3.43. The molecule has 3 nitrogen and oxygen atoms in total. The summed E-state index contributed by atoms with van der Waals surface area (Å²) in [4.78, 5) is 5.44. The lowest BCUT2D eigenvalue weighted by Gasteiger charge is -2.45. The molecule has 2 aliphatic heterocycles. The van der Waals surface area contributed by atoms with Crippen LogP contribution in [0.1, 0.15) is 50.0 Å². The number of aryl methyl sites for hydroxylation is 1. The third-order valence-electron chi connectivity index (χ3n) is 5.88. The lowest BCUT2D eigenvalue weighted by Crippen LogP contribution is -2.52. The molecule has 1 saturated carbocycles. The molecule has 1 spiro atoms. The third-order valence-corrected chi connectivity index (χ3v) is 5.88. The molecule has 0 aromatic carbocycles. The SMILES string of the molecule is Cc1ccc(CN2CCC3(CCCN3CC3CC3)CC2)o1. The van der Waals surface area contributed by atoms with Gasteiger partial charge in [-0.05, 0) is 70.0 Å². The molecule has 0 amide bonds. The monoisotopic (exact) mass is 288 g/mol. The van der Waals surface area contributed by atoms with Gasteiger partial charge in [-0.1, -0.05) is 0 Å². The van der Waals surface area contributed by atoms with Gasteiger partial charge in [-0.2, -0.15) is 0 Å². The Balaban J connectivity index is 1.34. The fourth-order valence-electron chi connectivity index (χ4n) is 4.38. The second-order valence-electron chi connectivity index (χ2n) is 7.51. The Labute approximate surface area is 128 Å². The maximum Gasteiger partial charge on any atom is 0.118 e. The van der Waals surface area contributed by atoms with Crippen molar-refractivity contribution in [2.45, 2.75) is 57.5 Å². The molecular weight excluding hydrogens is 260 g/mol. The first kappa shape index (κ1) is 13.8. The summed E-state index contributed by atoms with van der Waals surface area (Å²) in [6, 6.07) is 4.21. The van der Waals surface area contributed by atoms with Crippen molar-refractivity contribution in [2.75, 3.05) is 26.2 Å². The van der Waals surface area contributed by atoms with Gasteiger partial charge in [0.2, 0.25) is 0 Å². The predicted molar refractivity (Wildman–Crippen MR) is 84.2 cm³/mol. The zero-order valence-corrected chi connectivity index (χ0v) is 13.3. The molecule has 1 aromatic rings. The van der Waals surface area contributed by atoms with Crippen LogP contribution < -0.4 is 0 Å². The summed E-state index contributed by atoms with van der Waals surface area (Å²) in [5, 5.41) is 0. The average molecular weight is 288 g/mol. The zero-order chi connectivity index (χ0) is 14.3. The van der Waals surface area contributed by atoms with Crippen molar-refractivity contribution >= 4 is 0 Å². The van der Waals surface area contributed by atoms with Gasteiger partial charge in [0.1, 0.15) is 11.5 Å². The molecule has 3 heterocycles. The van der Waals surface area contributed by atoms with Gasteiger partial charge in [0, 0.05) is 25.2 Å². The molecule has 3 fully saturated rings. The van der Waals surface area contributed by atoms with E-state index in [1.165, 1.54) is 64.7 Å². The topological polar surface area (TPSA) is 19.6 Å². The summed E-state index contributed by atoms with van der Waals surface area (Å²) in [6.45, 7) is 8.24. The molecule has 0 bridgehead atoms. The summed E-state index contributed by atoms with van der Waals surface area (Å²) in [5.74, 6) is 3.19. The first-order valence-electron chi connectivity index (χ1n) is 8.76. The summed E-state index contributed by atoms with van der Waals surface area (Å²) in [5.41, 5.74) is 0.554. The van der Waals surface area contributed by atoms with Gasteiger partial charge in [-0.3, -0.25) is 9.80 Å². The van der Waals surface area contributed by atoms with Crippen molar-refractivity contribution in [3.63, 3.8) is 0 Å². The van der Waals surface area contributed by atoms with Crippen molar-refractivity contribution in [1.82, 2.24) is 9.80 Å². The van der Waals surface area contributed by atoms with E-state index in [1.54, 1.807) is 0 Å². The number of hydrogen-bond acceptors (Lipinski definition) is 3. The fraction of sp³-hybridized carbons (Fsp3) is 0.778. The minimum atomic E-state index is 0.554. The van der Waals surface area contributed by atoms with Crippen molar-refractivity contribution < 1.29 is 4.42 Å². The van der Waals surface area contributed by atoms with E-state index in [0.717, 1.165) is 24.0 Å². The van der Waals surface area contributed by atoms with Crippen LogP contribution in [0.15, 0.2) is 16.5 Å². The van der Waals surface area contributed by atoms with Crippen LogP contribution in [0.25, 0.3) is 0 Å². The van der Waals surface area contributed by atoms with Gasteiger partial charge in [0.25, 0.3) is 0 Å². The second-order valence-corrected chi connectivity index (χ2v) is 7.51. The first-order chi connectivity index (χ1) is 10.2. The molecule has 116 valence electrons. The Morgan fingerprint density at radius 1 is 1.14 bits per heavy atom. The molecule has 1 aliphatic carbocycles. The normalized spacial score (nSPS) is 26.7. The first-order valence-corrected chi connectivity index (χ1v) is 8.76. The van der Waals surface area contributed by atoms with E-state index in [0.29, 0.717) is 5.54 Å². The number of hydrogen-bond donors (Lipinski definition) is 0. The van der Waals surface area contributed by atoms with Crippen LogP contribution in [0.4, 0.5) is 0 Å². The van der Waals surface area contributed by atoms with Crippen molar-refractivity contribution in [2.24, 2.45) is 5.92 Å². The van der Waals surface area contributed by atoms with E-state index in [1.807, 2.05) is 6.92 Å². The van der Waals surface area contributed by atoms with Gasteiger partial charge in [0.15, 0.2) is 0 Å². The third kappa shape index (κ3) is 2.91. The van der Waals surface area contributed by atoms with E-state index < -0.39 is 0 Å². The maximum atomic E-state index is 5.73. The smallest absolute Gasteiger partial charge is 0.118 e. The summed E-state index contributed by atoms with van der Waals surface area (Å²) >= 11 is 0. The highest BCUT2D eigenvalue weighted by molar-refractivity contribution is 5.06. The fourth-order valence-corrected chi connectivity index (χ4v) is 4.38. The minimum Gasteiger partial charge on any atom is -0.465 e. The molecule has 3 aliphatic rings. The molecule has 0 unspecified atom stereocenters. The zero-order valence-electron chi connectivity index (χ0n) is 13.3. The van der Waals surface area contributed by atoms with Crippen LogP contribution in [-0.4, -0.2) is 41.5 Å². The van der Waals surface area contributed by atoms with Gasteiger partial charge < -0.3 is 4.42 Å². The van der Waals surface area contributed by atoms with Crippen LogP contribution in [-0.2, 0) is 6.54 Å². The molecule has 3 heteroatoms. The van der Waals surface area contributed by atoms with Crippen LogP contribution in [0.2, 0.25) is 0 Å². The van der Waals surface area contributed by atoms with E-state index >= 15 is 0 Å². The van der Waals surface area contributed by atoms with E-state index in [2.05, 4.69) is 21.9 Å². The summed E-state index contributed by atoms with van der Waals surface area (Å²) < 4.78 is 5.73. The van der Waals surface area contributed by atoms with E-state index in [-0.39, 0.29) is 0 Å². The standard InChI is InChI=1S/C18H28N2O/c1-15-3-6-17(21-15)14-19-11-8-18(9-12-19)7-2-10-20(18)13-16-4-5-16/h3,6,16H,2,4-5,7-14H2,1H3. The molecule has 2 saturated heterocycles. The van der Waals surface area contributed by atoms with Gasteiger partial charge in [-0.25, -0.2) is 0 Å². The highest BCUT2D eigenvalue weighted by atomic mass is 16.3. The van der Waals surface area contributed by atoms with Crippen molar-refractivity contribution in [1.29, 1.82) is 0 Å². The van der Waals surface area contributed by atoms with Crippen LogP contribution >= 0.6 is 0 Å². The van der Waals surface area contributed by atoms with Crippen LogP contribution in [0, 0.1) is 12.8 Å². The van der Waals surface area contributed by atoms with Crippen molar-refractivity contribution in [3.05, 3.63) is 23.7 Å². The molecular formula is C18H28N2O. The number of piperidine rings is 1. The maximum absolute atomic E-state index is 5.73. The number of likely N-dealkylation sites (tertiary alicyclic amines) is 2. The van der Waals surface area contributed by atoms with Gasteiger partial charge >= 0.3 is 0 Å². The number of rotatable bonds is 4. The van der Waals surface area contributed by atoms with Gasteiger partial charge in [-0.15, -0.1) is 0 Å². The van der Waals surface area contributed by atoms with E-state index in [4.69, 9.17) is 4.42 Å².